The van der Waals surface area contributed by atoms with Crippen LogP contribution in [-0.4, -0.2) is 5.24 Å². The van der Waals surface area contributed by atoms with Crippen LogP contribution in [-0.2, 0) is 4.79 Å². The Morgan fingerprint density at radius 3 is 2.21 bits per heavy atom. The summed E-state index contributed by atoms with van der Waals surface area (Å²) in [6.07, 6.45) is 9.81. The van der Waals surface area contributed by atoms with Gasteiger partial charge in [-0.2, -0.15) is 0 Å². The highest BCUT2D eigenvalue weighted by atomic mass is 35.5. The molecule has 0 amide bonds. The largest absolute Gasteiger partial charge is 0.276 e. The molecule has 0 aromatic rings. The third-order valence-corrected chi connectivity index (χ3v) is 1.47. The van der Waals surface area contributed by atoms with Crippen molar-refractivity contribution >= 4 is 16.8 Å². The Labute approximate surface area is 92.2 Å². The van der Waals surface area contributed by atoms with E-state index in [9.17, 15) is 4.79 Å². The topological polar surface area (TPSA) is 17.1 Å². The van der Waals surface area contributed by atoms with Crippen molar-refractivity contribution < 1.29 is 4.79 Å². The maximum Gasteiger partial charge on any atom is 0.245 e. The molecule has 0 rings (SSSR count). The molecule has 0 bridgehead atoms. The number of allylic oxidation sites excluding steroid dienone is 6. The molecule has 0 saturated carbocycles. The van der Waals surface area contributed by atoms with Crippen molar-refractivity contribution in [1.82, 2.24) is 0 Å². The van der Waals surface area contributed by atoms with E-state index < -0.39 is 5.24 Å². The van der Waals surface area contributed by atoms with E-state index in [-0.39, 0.29) is 0 Å². The third-order valence-electron chi connectivity index (χ3n) is 1.34. The van der Waals surface area contributed by atoms with Crippen molar-refractivity contribution in [2.75, 3.05) is 0 Å². The van der Waals surface area contributed by atoms with Gasteiger partial charge in [0.15, 0.2) is 0 Å². The van der Waals surface area contributed by atoms with Crippen LogP contribution in [0.5, 0.6) is 0 Å². The first-order valence-electron chi connectivity index (χ1n) is 4.90. The summed E-state index contributed by atoms with van der Waals surface area (Å²) in [5, 5.41) is -0.435. The lowest BCUT2D eigenvalue weighted by atomic mass is 10.2. The summed E-state index contributed by atoms with van der Waals surface area (Å²) in [5.41, 5.74) is 1.09. The third kappa shape index (κ3) is 11.2. The molecule has 0 aliphatic heterocycles. The average molecular weight is 215 g/mol. The van der Waals surface area contributed by atoms with E-state index in [1.165, 1.54) is 6.08 Å². The lowest BCUT2D eigenvalue weighted by molar-refractivity contribution is -0.107. The van der Waals surface area contributed by atoms with Crippen LogP contribution in [0.4, 0.5) is 0 Å². The van der Waals surface area contributed by atoms with E-state index in [2.05, 4.69) is 0 Å². The molecule has 0 aliphatic carbocycles. The van der Waals surface area contributed by atoms with Gasteiger partial charge in [0.05, 0.1) is 0 Å². The maximum absolute atomic E-state index is 10.4. The van der Waals surface area contributed by atoms with Gasteiger partial charge in [-0.25, -0.2) is 0 Å². The van der Waals surface area contributed by atoms with Gasteiger partial charge in [-0.1, -0.05) is 45.1 Å². The first-order valence-corrected chi connectivity index (χ1v) is 5.28. The Morgan fingerprint density at radius 1 is 1.29 bits per heavy atom. The van der Waals surface area contributed by atoms with Crippen molar-refractivity contribution in [2.24, 2.45) is 0 Å². The average Bonchev–Trinajstić information content (AvgIpc) is 2.21. The number of halogens is 1. The Bertz CT molecular complexity index is 224. The van der Waals surface area contributed by atoms with Crippen LogP contribution >= 0.6 is 11.6 Å². The fraction of sp³-hybridized carbons (Fsp3) is 0.417. The molecule has 0 spiro atoms. The second-order valence-electron chi connectivity index (χ2n) is 2.26. The van der Waals surface area contributed by atoms with Gasteiger partial charge in [-0.3, -0.25) is 4.79 Å². The fourth-order valence-electron chi connectivity index (χ4n) is 0.684. The predicted molar refractivity (Wildman–Crippen MR) is 64.5 cm³/mol. The van der Waals surface area contributed by atoms with Crippen LogP contribution < -0.4 is 0 Å². The summed E-state index contributed by atoms with van der Waals surface area (Å²) >= 11 is 5.14. The number of carbonyl (C=O) groups is 1. The zero-order chi connectivity index (χ0) is 11.4. The van der Waals surface area contributed by atoms with Gasteiger partial charge in [-0.15, -0.1) is 0 Å². The van der Waals surface area contributed by atoms with E-state index in [4.69, 9.17) is 11.6 Å². The molecule has 80 valence electrons. The van der Waals surface area contributed by atoms with E-state index in [1.54, 1.807) is 6.08 Å². The normalized spacial score (nSPS) is 11.6. The molecule has 0 N–H and O–H groups in total. The molecule has 2 heteroatoms. The van der Waals surface area contributed by atoms with Crippen LogP contribution in [0, 0.1) is 0 Å². The summed E-state index contributed by atoms with van der Waals surface area (Å²) in [7, 11) is 0. The summed E-state index contributed by atoms with van der Waals surface area (Å²) < 4.78 is 0. The minimum atomic E-state index is -0.435. The standard InChI is InChI=1S/C10H13ClO.C2H6/c1-3-5-6-9(4-2)7-8-10(11)12;1-2/h3,5-8H,4H2,1-2H3;1-2H3/b5-3-,8-7+,9-6+;. The molecule has 0 fully saturated rings. The van der Waals surface area contributed by atoms with Crippen LogP contribution in [0.25, 0.3) is 0 Å². The van der Waals surface area contributed by atoms with Gasteiger partial charge in [0.2, 0.25) is 5.24 Å². The first kappa shape index (κ1) is 15.6. The number of hydrogen-bond acceptors (Lipinski definition) is 1. The maximum atomic E-state index is 10.4. The van der Waals surface area contributed by atoms with E-state index in [0.717, 1.165) is 12.0 Å². The minimum absolute atomic E-state index is 0.435. The highest BCUT2D eigenvalue weighted by Crippen LogP contribution is 2.03. The summed E-state index contributed by atoms with van der Waals surface area (Å²) in [6, 6.07) is 0. The van der Waals surface area contributed by atoms with Crippen LogP contribution in [0.3, 0.4) is 0 Å². The van der Waals surface area contributed by atoms with E-state index in [1.807, 2.05) is 45.9 Å². The van der Waals surface area contributed by atoms with Gasteiger partial charge in [-0.05, 0) is 36.6 Å². The van der Waals surface area contributed by atoms with Gasteiger partial charge >= 0.3 is 0 Å². The highest BCUT2D eigenvalue weighted by molar-refractivity contribution is 6.66. The molecule has 1 nitrogen and oxygen atoms in total. The lowest BCUT2D eigenvalue weighted by Crippen LogP contribution is -1.78. The van der Waals surface area contributed by atoms with Crippen molar-refractivity contribution in [3.63, 3.8) is 0 Å². The second-order valence-corrected chi connectivity index (χ2v) is 2.63. The van der Waals surface area contributed by atoms with Crippen molar-refractivity contribution in [2.45, 2.75) is 34.1 Å². The minimum Gasteiger partial charge on any atom is -0.276 e. The van der Waals surface area contributed by atoms with E-state index >= 15 is 0 Å². The Kier molecular flexibility index (Phi) is 13.6. The quantitative estimate of drug-likeness (QED) is 0.389. The van der Waals surface area contributed by atoms with Gasteiger partial charge in [0.25, 0.3) is 0 Å². The van der Waals surface area contributed by atoms with Gasteiger partial charge in [0.1, 0.15) is 0 Å². The van der Waals surface area contributed by atoms with Crippen LogP contribution in [0.1, 0.15) is 34.1 Å². The van der Waals surface area contributed by atoms with Gasteiger partial charge < -0.3 is 0 Å². The molecule has 0 aromatic carbocycles. The molecule has 0 atom stereocenters. The monoisotopic (exact) mass is 214 g/mol. The van der Waals surface area contributed by atoms with Crippen molar-refractivity contribution in [1.29, 1.82) is 0 Å². The zero-order valence-electron chi connectivity index (χ0n) is 9.38. The molecule has 0 unspecified atom stereocenters. The Morgan fingerprint density at radius 2 is 1.86 bits per heavy atom. The summed E-state index contributed by atoms with van der Waals surface area (Å²) in [4.78, 5) is 10.4. The highest BCUT2D eigenvalue weighted by Gasteiger charge is 1.88. The Hall–Kier alpha value is -0.820. The van der Waals surface area contributed by atoms with Crippen LogP contribution in [0.15, 0.2) is 36.0 Å². The predicted octanol–water partition coefficient (Wildman–Crippen LogP) is 4.25. The molecular formula is C12H19ClO. The molecular weight excluding hydrogens is 196 g/mol. The second kappa shape index (κ2) is 12.2. The molecule has 0 aromatic heterocycles. The SMILES string of the molecule is CC.C\C=C/C=C(/C=C/C(=O)Cl)CC. The number of hydrogen-bond donors (Lipinski definition) is 0. The lowest BCUT2D eigenvalue weighted by Gasteiger charge is -1.92. The van der Waals surface area contributed by atoms with Gasteiger partial charge in [0, 0.05) is 0 Å². The Balaban J connectivity index is 0. The van der Waals surface area contributed by atoms with Crippen molar-refractivity contribution in [3.8, 4) is 0 Å². The summed E-state index contributed by atoms with van der Waals surface area (Å²) in [6.45, 7) is 7.97. The number of carbonyl (C=O) groups excluding carboxylic acids is 1. The molecule has 14 heavy (non-hydrogen) atoms. The number of rotatable bonds is 4. The molecule has 0 aliphatic rings. The zero-order valence-corrected chi connectivity index (χ0v) is 10.1. The molecule has 0 heterocycles. The summed E-state index contributed by atoms with van der Waals surface area (Å²) in [5.74, 6) is 0. The van der Waals surface area contributed by atoms with Crippen molar-refractivity contribution in [3.05, 3.63) is 36.0 Å². The fourth-order valence-corrected chi connectivity index (χ4v) is 0.747. The van der Waals surface area contributed by atoms with E-state index in [0.29, 0.717) is 0 Å². The smallest absolute Gasteiger partial charge is 0.245 e. The first-order chi connectivity index (χ1) is 6.70. The molecule has 0 saturated heterocycles. The van der Waals surface area contributed by atoms with Crippen LogP contribution in [0.2, 0.25) is 0 Å². The molecule has 0 radical (unpaired) electrons.